The van der Waals surface area contributed by atoms with Gasteiger partial charge in [-0.25, -0.2) is 4.57 Å². The molecule has 6 heteroatoms. The molecule has 0 saturated heterocycles. The van der Waals surface area contributed by atoms with Gasteiger partial charge in [0, 0.05) is 24.0 Å². The van der Waals surface area contributed by atoms with Gasteiger partial charge in [0.2, 0.25) is 5.88 Å². The van der Waals surface area contributed by atoms with E-state index in [1.54, 1.807) is 18.2 Å². The van der Waals surface area contributed by atoms with Crippen molar-refractivity contribution in [3.05, 3.63) is 80.4 Å². The SMILES string of the molecule is C=c1c(OC=O)c(O)n(-c2ccc(C)cc2)c(=O)/c1=C\c1ccc(N(CC)CC)cc1. The minimum atomic E-state index is -0.472. The van der Waals surface area contributed by atoms with Gasteiger partial charge in [0.1, 0.15) is 0 Å². The van der Waals surface area contributed by atoms with E-state index in [-0.39, 0.29) is 22.7 Å². The van der Waals surface area contributed by atoms with Crippen LogP contribution in [-0.2, 0) is 4.79 Å². The molecule has 1 heterocycles. The van der Waals surface area contributed by atoms with Crippen LogP contribution < -0.4 is 25.6 Å². The number of ether oxygens (including phenoxy) is 1. The molecule has 0 atom stereocenters. The third-order valence-corrected chi connectivity index (χ3v) is 5.24. The lowest BCUT2D eigenvalue weighted by atomic mass is 10.1. The Morgan fingerprint density at radius 1 is 1.06 bits per heavy atom. The van der Waals surface area contributed by atoms with Crippen molar-refractivity contribution < 1.29 is 14.6 Å². The number of benzene rings is 2. The highest BCUT2D eigenvalue weighted by Crippen LogP contribution is 2.22. The number of hydrogen-bond acceptors (Lipinski definition) is 5. The zero-order valence-electron chi connectivity index (χ0n) is 18.0. The summed E-state index contributed by atoms with van der Waals surface area (Å²) in [6, 6.07) is 14.9. The second kappa shape index (κ2) is 9.34. The molecule has 3 aromatic rings. The van der Waals surface area contributed by atoms with Crippen LogP contribution in [0.25, 0.3) is 18.3 Å². The molecule has 0 amide bonds. The predicted octanol–water partition coefficient (Wildman–Crippen LogP) is 2.47. The van der Waals surface area contributed by atoms with Crippen molar-refractivity contribution in [3.63, 3.8) is 0 Å². The first kappa shape index (κ1) is 21.9. The predicted molar refractivity (Wildman–Crippen MR) is 123 cm³/mol. The molecule has 0 aliphatic carbocycles. The van der Waals surface area contributed by atoms with Gasteiger partial charge in [-0.2, -0.15) is 0 Å². The lowest BCUT2D eigenvalue weighted by molar-refractivity contribution is -0.120. The molecule has 6 nitrogen and oxygen atoms in total. The van der Waals surface area contributed by atoms with Crippen LogP contribution in [0, 0.1) is 6.92 Å². The zero-order valence-corrected chi connectivity index (χ0v) is 18.0. The van der Waals surface area contributed by atoms with E-state index in [0.29, 0.717) is 5.69 Å². The van der Waals surface area contributed by atoms with Gasteiger partial charge < -0.3 is 14.7 Å². The van der Waals surface area contributed by atoms with Gasteiger partial charge in [-0.15, -0.1) is 0 Å². The normalized spacial score (nSPS) is 11.4. The number of carbonyl (C=O) groups is 1. The molecule has 0 fully saturated rings. The topological polar surface area (TPSA) is 71.8 Å². The Labute approximate surface area is 181 Å². The standard InChI is InChI=1S/C25H26N2O4/c1-5-26(6-2)20-13-9-19(10-14-20)15-22-18(4)23(31-16-28)25(30)27(24(22)29)21-11-7-17(3)8-12-21/h7-16,30H,4-6H2,1-3H3/b22-15-. The molecule has 0 aliphatic rings. The molecule has 1 aromatic heterocycles. The Morgan fingerprint density at radius 3 is 2.23 bits per heavy atom. The number of carbonyl (C=O) groups excluding carboxylic acids is 1. The van der Waals surface area contributed by atoms with Crippen molar-refractivity contribution in [1.82, 2.24) is 4.57 Å². The van der Waals surface area contributed by atoms with Crippen molar-refractivity contribution >= 4 is 24.8 Å². The van der Waals surface area contributed by atoms with E-state index in [9.17, 15) is 14.7 Å². The molecular formula is C25H26N2O4. The number of aromatic nitrogens is 1. The number of hydrogen-bond donors (Lipinski definition) is 1. The number of rotatable bonds is 7. The highest BCUT2D eigenvalue weighted by atomic mass is 16.5. The van der Waals surface area contributed by atoms with Crippen molar-refractivity contribution in [2.24, 2.45) is 0 Å². The molecular weight excluding hydrogens is 392 g/mol. The highest BCUT2D eigenvalue weighted by molar-refractivity contribution is 5.59. The van der Waals surface area contributed by atoms with Crippen molar-refractivity contribution in [1.29, 1.82) is 0 Å². The first-order valence-electron chi connectivity index (χ1n) is 10.1. The van der Waals surface area contributed by atoms with Crippen LogP contribution in [0.15, 0.2) is 53.3 Å². The molecule has 160 valence electrons. The maximum Gasteiger partial charge on any atom is 0.298 e. The molecule has 3 rings (SSSR count). The molecule has 0 spiro atoms. The lowest BCUT2D eigenvalue weighted by Gasteiger charge is -2.20. The fourth-order valence-electron chi connectivity index (χ4n) is 3.50. The van der Waals surface area contributed by atoms with E-state index in [0.717, 1.165) is 34.5 Å². The van der Waals surface area contributed by atoms with E-state index >= 15 is 0 Å². The smallest absolute Gasteiger partial charge is 0.298 e. The van der Waals surface area contributed by atoms with Crippen LogP contribution >= 0.6 is 0 Å². The van der Waals surface area contributed by atoms with Crippen LogP contribution in [0.4, 0.5) is 5.69 Å². The van der Waals surface area contributed by atoms with Gasteiger partial charge in [0.25, 0.3) is 12.0 Å². The Morgan fingerprint density at radius 2 is 1.68 bits per heavy atom. The molecule has 31 heavy (non-hydrogen) atoms. The Balaban J connectivity index is 2.24. The van der Waals surface area contributed by atoms with E-state index < -0.39 is 11.4 Å². The van der Waals surface area contributed by atoms with Crippen LogP contribution in [0.5, 0.6) is 11.6 Å². The van der Waals surface area contributed by atoms with Crippen LogP contribution in [-0.4, -0.2) is 29.2 Å². The van der Waals surface area contributed by atoms with Crippen LogP contribution in [0.2, 0.25) is 0 Å². The van der Waals surface area contributed by atoms with Crippen LogP contribution in [0.1, 0.15) is 25.0 Å². The average molecular weight is 418 g/mol. The van der Waals surface area contributed by atoms with Crippen LogP contribution in [0.3, 0.4) is 0 Å². The summed E-state index contributed by atoms with van der Waals surface area (Å²) >= 11 is 0. The minimum absolute atomic E-state index is 0.144. The molecule has 2 aromatic carbocycles. The zero-order chi connectivity index (χ0) is 22.5. The third-order valence-electron chi connectivity index (χ3n) is 5.24. The summed E-state index contributed by atoms with van der Waals surface area (Å²) in [5, 5.41) is 11.0. The first-order chi connectivity index (χ1) is 14.9. The summed E-state index contributed by atoms with van der Waals surface area (Å²) in [5.41, 5.74) is 2.88. The van der Waals surface area contributed by atoms with Gasteiger partial charge in [-0.1, -0.05) is 36.4 Å². The number of aryl methyl sites for hydroxylation is 1. The fourth-order valence-corrected chi connectivity index (χ4v) is 3.50. The van der Waals surface area contributed by atoms with E-state index in [1.165, 1.54) is 0 Å². The quantitative estimate of drug-likeness (QED) is 0.597. The molecule has 0 radical (unpaired) electrons. The van der Waals surface area contributed by atoms with Gasteiger partial charge in [0.15, 0.2) is 5.75 Å². The Bertz CT molecular complexity index is 1240. The number of pyridine rings is 1. The summed E-state index contributed by atoms with van der Waals surface area (Å²) in [6.07, 6.45) is 1.68. The fraction of sp³-hybridized carbons (Fsp3) is 0.200. The molecule has 0 aliphatic heterocycles. The van der Waals surface area contributed by atoms with Crippen molar-refractivity contribution in [2.75, 3.05) is 18.0 Å². The Hall–Kier alpha value is -3.80. The average Bonchev–Trinajstić information content (AvgIpc) is 2.77. The van der Waals surface area contributed by atoms with Gasteiger partial charge in [-0.05, 0) is 56.7 Å². The Kier molecular flexibility index (Phi) is 6.60. The highest BCUT2D eigenvalue weighted by Gasteiger charge is 2.16. The molecule has 1 N–H and O–H groups in total. The number of anilines is 1. The lowest BCUT2D eigenvalue weighted by Crippen LogP contribution is -2.44. The summed E-state index contributed by atoms with van der Waals surface area (Å²) in [5.74, 6) is -0.624. The second-order valence-electron chi connectivity index (χ2n) is 7.14. The number of aromatic hydroxyl groups is 1. The van der Waals surface area contributed by atoms with Gasteiger partial charge in [0.05, 0.1) is 10.9 Å². The van der Waals surface area contributed by atoms with Crippen molar-refractivity contribution in [3.8, 4) is 17.3 Å². The third kappa shape index (κ3) is 4.38. The molecule has 0 saturated carbocycles. The summed E-state index contributed by atoms with van der Waals surface area (Å²) < 4.78 is 6.10. The van der Waals surface area contributed by atoms with Crippen molar-refractivity contribution in [2.45, 2.75) is 20.8 Å². The van der Waals surface area contributed by atoms with E-state index in [1.807, 2.05) is 43.3 Å². The minimum Gasteiger partial charge on any atom is -0.491 e. The molecule has 0 bridgehead atoms. The molecule has 0 unspecified atom stereocenters. The first-order valence-corrected chi connectivity index (χ1v) is 10.1. The number of nitrogens with zero attached hydrogens (tertiary/aromatic N) is 2. The maximum absolute atomic E-state index is 13.3. The maximum atomic E-state index is 13.3. The summed E-state index contributed by atoms with van der Waals surface area (Å²) in [6.45, 7) is 12.0. The monoisotopic (exact) mass is 418 g/mol. The largest absolute Gasteiger partial charge is 0.491 e. The van der Waals surface area contributed by atoms with E-state index in [2.05, 4.69) is 25.3 Å². The van der Waals surface area contributed by atoms with Gasteiger partial charge in [-0.3, -0.25) is 9.59 Å². The van der Waals surface area contributed by atoms with E-state index in [4.69, 9.17) is 4.74 Å². The van der Waals surface area contributed by atoms with Gasteiger partial charge >= 0.3 is 0 Å². The second-order valence-corrected chi connectivity index (χ2v) is 7.14. The summed E-state index contributed by atoms with van der Waals surface area (Å²) in [4.78, 5) is 26.5. The summed E-state index contributed by atoms with van der Waals surface area (Å²) in [7, 11) is 0.